The monoisotopic (exact) mass is 423 g/mol. The zero-order chi connectivity index (χ0) is 18.8. The Labute approximate surface area is 159 Å². The van der Waals surface area contributed by atoms with Gasteiger partial charge in [-0.1, -0.05) is 36.2 Å². The summed E-state index contributed by atoms with van der Waals surface area (Å²) in [4.78, 5) is 24.3. The molecule has 0 bridgehead atoms. The normalized spacial score (nSPS) is 17.6. The number of urea groups is 1. The number of allylic oxidation sites excluding steroid dienone is 1. The number of benzene rings is 1. The third-order valence-corrected chi connectivity index (χ3v) is 7.98. The highest BCUT2D eigenvalue weighted by Gasteiger charge is 2.41. The van der Waals surface area contributed by atoms with Gasteiger partial charge >= 0.3 is 6.03 Å². The van der Waals surface area contributed by atoms with Crippen LogP contribution in [-0.4, -0.2) is 42.7 Å². The van der Waals surface area contributed by atoms with Crippen molar-refractivity contribution < 1.29 is 18.0 Å². The molecule has 0 aromatic heterocycles. The van der Waals surface area contributed by atoms with Crippen LogP contribution in [-0.2, 0) is 14.8 Å². The number of nitrogens with one attached hydrogen (secondary N) is 2. The molecule has 25 heavy (non-hydrogen) atoms. The van der Waals surface area contributed by atoms with E-state index in [1.54, 1.807) is 19.1 Å². The average Bonchev–Trinajstić information content (AvgIpc) is 2.92. The van der Waals surface area contributed by atoms with Gasteiger partial charge in [-0.15, -0.1) is 11.8 Å². The van der Waals surface area contributed by atoms with E-state index in [2.05, 4.69) is 10.6 Å². The minimum absolute atomic E-state index is 0.0984. The van der Waals surface area contributed by atoms with Gasteiger partial charge in [0.2, 0.25) is 15.8 Å². The molecule has 1 atom stereocenters. The zero-order valence-corrected chi connectivity index (χ0v) is 16.4. The van der Waals surface area contributed by atoms with Gasteiger partial charge in [-0.3, -0.25) is 4.79 Å². The van der Waals surface area contributed by atoms with Crippen LogP contribution in [0.25, 0.3) is 0 Å². The number of thioether (sulfide) groups is 1. The van der Waals surface area contributed by atoms with Gasteiger partial charge in [-0.2, -0.15) is 0 Å². The number of nitrogens with zero attached hydrogens (tertiary/aromatic N) is 1. The highest BCUT2D eigenvalue weighted by molar-refractivity contribution is 8.16. The SMILES string of the molecule is CCN(C)S(=O)(=O)C1SC=C(NC(=O)Nc2cccc(Cl)c2Cl)C1=O. The minimum atomic E-state index is -3.79. The molecule has 7 nitrogen and oxygen atoms in total. The first-order valence-corrected chi connectivity index (χ1v) is 10.3. The molecule has 1 heterocycles. The maximum atomic E-state index is 12.3. The standard InChI is InChI=1S/C14H15Cl2N3O4S2/c1-3-19(2)25(22,23)13-12(20)10(7-24-13)18-14(21)17-9-6-4-5-8(15)11(9)16/h4-7,13H,3H2,1-2H3,(H2,17,18,21). The van der Waals surface area contributed by atoms with Crippen molar-refractivity contribution in [2.45, 2.75) is 11.5 Å². The molecular formula is C14H15Cl2N3O4S2. The third kappa shape index (κ3) is 4.29. The molecule has 1 aliphatic heterocycles. The quantitative estimate of drug-likeness (QED) is 0.758. The van der Waals surface area contributed by atoms with E-state index >= 15 is 0 Å². The molecule has 2 rings (SSSR count). The third-order valence-electron chi connectivity index (χ3n) is 3.39. The molecule has 0 spiro atoms. The number of hydrogen-bond donors (Lipinski definition) is 2. The first-order chi connectivity index (χ1) is 11.7. The number of ketones is 1. The predicted octanol–water partition coefficient (Wildman–Crippen LogP) is 2.88. The molecule has 1 aromatic carbocycles. The Morgan fingerprint density at radius 3 is 2.64 bits per heavy atom. The topological polar surface area (TPSA) is 95.6 Å². The van der Waals surface area contributed by atoms with Crippen molar-refractivity contribution in [3.05, 3.63) is 39.3 Å². The van der Waals surface area contributed by atoms with Gasteiger partial charge in [-0.25, -0.2) is 17.5 Å². The number of anilines is 1. The smallest absolute Gasteiger partial charge is 0.306 e. The number of carbonyl (C=O) groups excluding carboxylic acids is 2. The van der Waals surface area contributed by atoms with Crippen LogP contribution in [0.15, 0.2) is 29.3 Å². The number of rotatable bonds is 5. The first-order valence-electron chi connectivity index (χ1n) is 7.05. The van der Waals surface area contributed by atoms with Gasteiger partial charge in [-0.05, 0) is 12.1 Å². The van der Waals surface area contributed by atoms with E-state index in [9.17, 15) is 18.0 Å². The van der Waals surface area contributed by atoms with Gasteiger partial charge in [0, 0.05) is 19.0 Å². The van der Waals surface area contributed by atoms with Crippen LogP contribution >= 0.6 is 35.0 Å². The number of carbonyl (C=O) groups is 2. The van der Waals surface area contributed by atoms with Gasteiger partial charge in [0.15, 0.2) is 4.58 Å². The van der Waals surface area contributed by atoms with Gasteiger partial charge < -0.3 is 10.6 Å². The predicted molar refractivity (Wildman–Crippen MR) is 100 cm³/mol. The van der Waals surface area contributed by atoms with Crippen molar-refractivity contribution in [2.75, 3.05) is 18.9 Å². The Hall–Kier alpha value is -1.26. The van der Waals surface area contributed by atoms with Crippen molar-refractivity contribution >= 4 is 62.5 Å². The number of amides is 2. The van der Waals surface area contributed by atoms with E-state index in [4.69, 9.17) is 23.2 Å². The van der Waals surface area contributed by atoms with Crippen LogP contribution in [0.3, 0.4) is 0 Å². The summed E-state index contributed by atoms with van der Waals surface area (Å²) in [5.74, 6) is -0.683. The van der Waals surface area contributed by atoms with Crippen molar-refractivity contribution in [1.82, 2.24) is 9.62 Å². The molecule has 1 aromatic rings. The molecule has 0 fully saturated rings. The Balaban J connectivity index is 2.06. The summed E-state index contributed by atoms with van der Waals surface area (Å²) in [6.45, 7) is 1.90. The van der Waals surface area contributed by atoms with Gasteiger partial charge in [0.05, 0.1) is 21.4 Å². The summed E-state index contributed by atoms with van der Waals surface area (Å²) in [7, 11) is -2.40. The molecule has 0 saturated carbocycles. The number of hydrogen-bond acceptors (Lipinski definition) is 5. The summed E-state index contributed by atoms with van der Waals surface area (Å²) in [6.07, 6.45) is 0. The fourth-order valence-corrected chi connectivity index (χ4v) is 5.18. The Bertz CT molecular complexity index is 842. The minimum Gasteiger partial charge on any atom is -0.306 e. The number of Topliss-reactive ketones (excluding diaryl/α,β-unsaturated/α-hetero) is 1. The molecule has 1 aliphatic rings. The number of sulfonamides is 1. The van der Waals surface area contributed by atoms with E-state index in [1.165, 1.54) is 18.5 Å². The van der Waals surface area contributed by atoms with E-state index < -0.39 is 26.4 Å². The lowest BCUT2D eigenvalue weighted by Gasteiger charge is -2.18. The zero-order valence-electron chi connectivity index (χ0n) is 13.2. The van der Waals surface area contributed by atoms with Crippen molar-refractivity contribution in [3.8, 4) is 0 Å². The summed E-state index contributed by atoms with van der Waals surface area (Å²) in [5, 5.41) is 6.53. The lowest BCUT2D eigenvalue weighted by Crippen LogP contribution is -2.40. The lowest BCUT2D eigenvalue weighted by molar-refractivity contribution is -0.114. The van der Waals surface area contributed by atoms with Gasteiger partial charge in [0.25, 0.3) is 0 Å². The fourth-order valence-electron chi connectivity index (χ4n) is 1.89. The molecule has 1 unspecified atom stereocenters. The van der Waals surface area contributed by atoms with Crippen LogP contribution < -0.4 is 10.6 Å². The summed E-state index contributed by atoms with van der Waals surface area (Å²) in [6, 6.07) is 3.97. The summed E-state index contributed by atoms with van der Waals surface area (Å²) >= 11 is 12.7. The lowest BCUT2D eigenvalue weighted by atomic mass is 10.3. The van der Waals surface area contributed by atoms with Crippen molar-refractivity contribution in [3.63, 3.8) is 0 Å². The molecule has 2 amide bonds. The maximum absolute atomic E-state index is 12.3. The van der Waals surface area contributed by atoms with Crippen molar-refractivity contribution in [1.29, 1.82) is 0 Å². The van der Waals surface area contributed by atoms with Crippen LogP contribution in [0, 0.1) is 0 Å². The highest BCUT2D eigenvalue weighted by atomic mass is 35.5. The molecule has 0 aliphatic carbocycles. The fraction of sp³-hybridized carbons (Fsp3) is 0.286. The Kier molecular flexibility index (Phi) is 6.39. The average molecular weight is 424 g/mol. The first kappa shape index (κ1) is 20.1. The van der Waals surface area contributed by atoms with Crippen molar-refractivity contribution in [2.24, 2.45) is 0 Å². The second kappa shape index (κ2) is 7.96. The van der Waals surface area contributed by atoms with E-state index in [1.807, 2.05) is 0 Å². The molecule has 136 valence electrons. The second-order valence-electron chi connectivity index (χ2n) is 5.00. The molecule has 11 heteroatoms. The molecule has 0 radical (unpaired) electrons. The van der Waals surface area contributed by atoms with Crippen LogP contribution in [0.4, 0.5) is 10.5 Å². The van der Waals surface area contributed by atoms with Crippen LogP contribution in [0.2, 0.25) is 10.0 Å². The van der Waals surface area contributed by atoms with Gasteiger partial charge in [0.1, 0.15) is 0 Å². The highest BCUT2D eigenvalue weighted by Crippen LogP contribution is 2.32. The Morgan fingerprint density at radius 2 is 2.00 bits per heavy atom. The summed E-state index contributed by atoms with van der Waals surface area (Å²) < 4.78 is 24.3. The maximum Gasteiger partial charge on any atom is 0.323 e. The molecule has 0 saturated heterocycles. The van der Waals surface area contributed by atoms with E-state index in [0.29, 0.717) is 0 Å². The van der Waals surface area contributed by atoms with Crippen LogP contribution in [0.5, 0.6) is 0 Å². The van der Waals surface area contributed by atoms with Crippen LogP contribution in [0.1, 0.15) is 6.92 Å². The summed E-state index contributed by atoms with van der Waals surface area (Å²) in [5.41, 5.74) is 0.166. The van der Waals surface area contributed by atoms with E-state index in [-0.39, 0.29) is 28.0 Å². The Morgan fingerprint density at radius 1 is 1.32 bits per heavy atom. The number of halogens is 2. The largest absolute Gasteiger partial charge is 0.323 e. The molecule has 2 N–H and O–H groups in total. The van der Waals surface area contributed by atoms with E-state index in [0.717, 1.165) is 16.1 Å². The second-order valence-corrected chi connectivity index (χ2v) is 9.19. The molecular weight excluding hydrogens is 409 g/mol.